The highest BCUT2D eigenvalue weighted by Gasteiger charge is 2.27. The number of methoxy groups -OCH3 is 1. The van der Waals surface area contributed by atoms with Gasteiger partial charge in [0.05, 0.1) is 29.8 Å². The molecule has 0 bridgehead atoms. The SMILES string of the molecule is COc1nc2ccccc2nc1N1CCC(C(=O)Nc2ccc(C#N)cc2)CC1. The maximum absolute atomic E-state index is 12.6. The number of nitrogens with one attached hydrogen (secondary N) is 1. The van der Waals surface area contributed by atoms with Crippen molar-refractivity contribution in [2.24, 2.45) is 5.92 Å². The minimum Gasteiger partial charge on any atom is -0.478 e. The van der Waals surface area contributed by atoms with Crippen molar-refractivity contribution >= 4 is 28.4 Å². The van der Waals surface area contributed by atoms with Crippen molar-refractivity contribution in [1.29, 1.82) is 5.26 Å². The highest BCUT2D eigenvalue weighted by Crippen LogP contribution is 2.30. The molecular weight excluding hydrogens is 366 g/mol. The Hall–Kier alpha value is -3.66. The van der Waals surface area contributed by atoms with E-state index in [1.807, 2.05) is 24.3 Å². The van der Waals surface area contributed by atoms with E-state index < -0.39 is 0 Å². The van der Waals surface area contributed by atoms with Gasteiger partial charge in [-0.1, -0.05) is 12.1 Å². The van der Waals surface area contributed by atoms with Gasteiger partial charge in [0.2, 0.25) is 5.91 Å². The van der Waals surface area contributed by atoms with Gasteiger partial charge in [-0.15, -0.1) is 0 Å². The van der Waals surface area contributed by atoms with Crippen LogP contribution in [0.25, 0.3) is 11.0 Å². The molecule has 1 amide bonds. The van der Waals surface area contributed by atoms with Gasteiger partial charge >= 0.3 is 0 Å². The molecule has 7 nitrogen and oxygen atoms in total. The molecule has 1 aromatic heterocycles. The van der Waals surface area contributed by atoms with Gasteiger partial charge < -0.3 is 15.0 Å². The van der Waals surface area contributed by atoms with E-state index in [0.717, 1.165) is 29.7 Å². The predicted octanol–water partition coefficient (Wildman–Crippen LogP) is 3.37. The molecule has 0 unspecified atom stereocenters. The quantitative estimate of drug-likeness (QED) is 0.738. The third-order valence-corrected chi connectivity index (χ3v) is 5.16. The molecule has 1 aliphatic rings. The third-order valence-electron chi connectivity index (χ3n) is 5.16. The van der Waals surface area contributed by atoms with Crippen LogP contribution in [0.2, 0.25) is 0 Å². The normalized spacial score (nSPS) is 14.4. The molecule has 3 aromatic rings. The van der Waals surface area contributed by atoms with E-state index in [1.54, 1.807) is 31.4 Å². The van der Waals surface area contributed by atoms with Crippen LogP contribution in [0.5, 0.6) is 5.88 Å². The number of amides is 1. The monoisotopic (exact) mass is 387 g/mol. The second-order valence-corrected chi connectivity index (χ2v) is 6.98. The van der Waals surface area contributed by atoms with Gasteiger partial charge in [0.15, 0.2) is 5.82 Å². The van der Waals surface area contributed by atoms with Crippen molar-refractivity contribution < 1.29 is 9.53 Å². The number of hydrogen-bond acceptors (Lipinski definition) is 6. The molecular formula is C22H21N5O2. The fourth-order valence-electron chi connectivity index (χ4n) is 3.54. The summed E-state index contributed by atoms with van der Waals surface area (Å²) in [6, 6.07) is 16.7. The van der Waals surface area contributed by atoms with Crippen LogP contribution in [-0.4, -0.2) is 36.1 Å². The topological polar surface area (TPSA) is 91.1 Å². The number of nitriles is 1. The number of anilines is 2. The zero-order chi connectivity index (χ0) is 20.2. The molecule has 1 aliphatic heterocycles. The third kappa shape index (κ3) is 3.97. The van der Waals surface area contributed by atoms with E-state index in [2.05, 4.69) is 21.3 Å². The Labute approximate surface area is 169 Å². The number of piperidine rings is 1. The predicted molar refractivity (Wildman–Crippen MR) is 111 cm³/mol. The standard InChI is InChI=1S/C22H21N5O2/c1-29-22-20(25-18-4-2-3-5-19(18)26-22)27-12-10-16(11-13-27)21(28)24-17-8-6-15(14-23)7-9-17/h2-9,16H,10-13H2,1H3,(H,24,28). The number of ether oxygens (including phenoxy) is 1. The Morgan fingerprint density at radius 3 is 2.38 bits per heavy atom. The Balaban J connectivity index is 1.43. The van der Waals surface area contributed by atoms with E-state index in [9.17, 15) is 4.79 Å². The molecule has 2 heterocycles. The summed E-state index contributed by atoms with van der Waals surface area (Å²) in [6.45, 7) is 1.41. The van der Waals surface area contributed by atoms with Gasteiger partial charge in [-0.3, -0.25) is 4.79 Å². The molecule has 0 spiro atoms. The van der Waals surface area contributed by atoms with Gasteiger partial charge in [-0.25, -0.2) is 9.97 Å². The number of carbonyl (C=O) groups is 1. The Morgan fingerprint density at radius 2 is 1.76 bits per heavy atom. The van der Waals surface area contributed by atoms with Gasteiger partial charge in [0.1, 0.15) is 0 Å². The smallest absolute Gasteiger partial charge is 0.257 e. The summed E-state index contributed by atoms with van der Waals surface area (Å²) in [5, 5.41) is 11.8. The Kier molecular flexibility index (Phi) is 5.25. The summed E-state index contributed by atoms with van der Waals surface area (Å²) < 4.78 is 5.46. The fourth-order valence-corrected chi connectivity index (χ4v) is 3.54. The molecule has 2 aromatic carbocycles. The zero-order valence-corrected chi connectivity index (χ0v) is 16.1. The first-order valence-electron chi connectivity index (χ1n) is 9.54. The van der Waals surface area contributed by atoms with Crippen molar-refractivity contribution in [3.8, 4) is 11.9 Å². The van der Waals surface area contributed by atoms with Crippen LogP contribution in [-0.2, 0) is 4.79 Å². The van der Waals surface area contributed by atoms with Crippen molar-refractivity contribution in [3.63, 3.8) is 0 Å². The minimum absolute atomic E-state index is 0.00548. The molecule has 0 atom stereocenters. The summed E-state index contributed by atoms with van der Waals surface area (Å²) in [6.07, 6.45) is 1.44. The number of rotatable bonds is 4. The molecule has 146 valence electrons. The average Bonchev–Trinajstić information content (AvgIpc) is 2.78. The van der Waals surface area contributed by atoms with E-state index in [-0.39, 0.29) is 11.8 Å². The summed E-state index contributed by atoms with van der Waals surface area (Å²) in [4.78, 5) is 24.0. The summed E-state index contributed by atoms with van der Waals surface area (Å²) >= 11 is 0. The Morgan fingerprint density at radius 1 is 1.10 bits per heavy atom. The molecule has 1 fully saturated rings. The molecule has 1 N–H and O–H groups in total. The number of para-hydroxylation sites is 2. The van der Waals surface area contributed by atoms with Crippen molar-refractivity contribution in [2.75, 3.05) is 30.4 Å². The molecule has 0 aliphatic carbocycles. The molecule has 0 radical (unpaired) electrons. The van der Waals surface area contributed by atoms with Crippen LogP contribution in [0.15, 0.2) is 48.5 Å². The molecule has 29 heavy (non-hydrogen) atoms. The largest absolute Gasteiger partial charge is 0.478 e. The molecule has 1 saturated heterocycles. The number of fused-ring (bicyclic) bond motifs is 1. The summed E-state index contributed by atoms with van der Waals surface area (Å²) in [5.41, 5.74) is 2.90. The number of hydrogen-bond donors (Lipinski definition) is 1. The van der Waals surface area contributed by atoms with E-state index in [0.29, 0.717) is 30.2 Å². The lowest BCUT2D eigenvalue weighted by molar-refractivity contribution is -0.120. The first-order valence-corrected chi connectivity index (χ1v) is 9.54. The second-order valence-electron chi connectivity index (χ2n) is 6.98. The van der Waals surface area contributed by atoms with Gasteiger partial charge in [0.25, 0.3) is 5.88 Å². The molecule has 4 rings (SSSR count). The summed E-state index contributed by atoms with van der Waals surface area (Å²) in [7, 11) is 1.60. The second kappa shape index (κ2) is 8.15. The van der Waals surface area contributed by atoms with E-state index in [4.69, 9.17) is 15.0 Å². The van der Waals surface area contributed by atoms with Crippen molar-refractivity contribution in [2.45, 2.75) is 12.8 Å². The van der Waals surface area contributed by atoms with Gasteiger partial charge in [0, 0.05) is 24.7 Å². The zero-order valence-electron chi connectivity index (χ0n) is 16.1. The summed E-state index contributed by atoms with van der Waals surface area (Å²) in [5.74, 6) is 1.16. The first kappa shape index (κ1) is 18.7. The van der Waals surface area contributed by atoms with Crippen LogP contribution in [0.1, 0.15) is 18.4 Å². The van der Waals surface area contributed by atoms with Crippen LogP contribution >= 0.6 is 0 Å². The van der Waals surface area contributed by atoms with E-state index in [1.165, 1.54) is 0 Å². The number of nitrogens with zero attached hydrogens (tertiary/aromatic N) is 4. The van der Waals surface area contributed by atoms with Crippen molar-refractivity contribution in [3.05, 3.63) is 54.1 Å². The van der Waals surface area contributed by atoms with Crippen molar-refractivity contribution in [1.82, 2.24) is 9.97 Å². The number of carbonyl (C=O) groups excluding carboxylic acids is 1. The first-order chi connectivity index (χ1) is 14.2. The number of benzene rings is 2. The lowest BCUT2D eigenvalue weighted by Gasteiger charge is -2.32. The maximum atomic E-state index is 12.6. The van der Waals surface area contributed by atoms with Crippen LogP contribution in [0.3, 0.4) is 0 Å². The van der Waals surface area contributed by atoms with Crippen LogP contribution in [0.4, 0.5) is 11.5 Å². The number of aromatic nitrogens is 2. The lowest BCUT2D eigenvalue weighted by atomic mass is 9.95. The van der Waals surface area contributed by atoms with Gasteiger partial charge in [-0.2, -0.15) is 5.26 Å². The van der Waals surface area contributed by atoms with Crippen LogP contribution < -0.4 is 15.0 Å². The van der Waals surface area contributed by atoms with E-state index >= 15 is 0 Å². The molecule has 0 saturated carbocycles. The Bertz CT molecular complexity index is 1070. The lowest BCUT2D eigenvalue weighted by Crippen LogP contribution is -2.38. The highest BCUT2D eigenvalue weighted by molar-refractivity contribution is 5.92. The average molecular weight is 387 g/mol. The fraction of sp³-hybridized carbons (Fsp3) is 0.273. The van der Waals surface area contributed by atoms with Crippen LogP contribution in [0, 0.1) is 17.2 Å². The highest BCUT2D eigenvalue weighted by atomic mass is 16.5. The minimum atomic E-state index is -0.0682. The maximum Gasteiger partial charge on any atom is 0.257 e. The van der Waals surface area contributed by atoms with Gasteiger partial charge in [-0.05, 0) is 49.2 Å². The molecule has 7 heteroatoms.